The number of carbonyl (C=O) groups excluding carboxylic acids is 1. The second-order valence-electron chi connectivity index (χ2n) is 10.1. The first-order valence-corrected chi connectivity index (χ1v) is 13.4. The molecule has 1 aromatic heterocycles. The number of halogens is 2. The Morgan fingerprint density at radius 2 is 1.89 bits per heavy atom. The van der Waals surface area contributed by atoms with Crippen LogP contribution in [-0.4, -0.2) is 44.7 Å². The van der Waals surface area contributed by atoms with Crippen LogP contribution >= 0.6 is 0 Å². The van der Waals surface area contributed by atoms with Crippen LogP contribution in [0.25, 0.3) is 5.69 Å². The van der Waals surface area contributed by atoms with Crippen molar-refractivity contribution in [2.24, 2.45) is 0 Å². The molecule has 1 N–H and O–H groups in total. The van der Waals surface area contributed by atoms with Gasteiger partial charge in [-0.3, -0.25) is 4.90 Å². The Balaban J connectivity index is 1.40. The van der Waals surface area contributed by atoms with Crippen molar-refractivity contribution < 1.29 is 13.6 Å². The second-order valence-corrected chi connectivity index (χ2v) is 10.1. The molecule has 1 aliphatic heterocycles. The van der Waals surface area contributed by atoms with E-state index in [0.717, 1.165) is 60.8 Å². The minimum Gasteiger partial charge on any atom is -0.335 e. The van der Waals surface area contributed by atoms with E-state index in [4.69, 9.17) is 5.10 Å². The Morgan fingerprint density at radius 1 is 1.11 bits per heavy atom. The van der Waals surface area contributed by atoms with E-state index in [0.29, 0.717) is 38.3 Å². The minimum absolute atomic E-state index is 0.0492. The highest BCUT2D eigenvalue weighted by atomic mass is 19.1. The average Bonchev–Trinajstić information content (AvgIpc) is 3.28. The highest BCUT2D eigenvalue weighted by molar-refractivity contribution is 5.74. The topological polar surface area (TPSA) is 53.4 Å². The Hall–Kier alpha value is -3.26. The smallest absolute Gasteiger partial charge is 0.317 e. The SMILES string of the molecule is CCN(Cc1nn(-c2ccccc2)c2c1CN(Cc1cc(F)ccc1F)CC2)C(=O)NC1CCCCC1. The number of carbonyl (C=O) groups is 1. The lowest BCUT2D eigenvalue weighted by Crippen LogP contribution is -2.45. The van der Waals surface area contributed by atoms with Crippen LogP contribution in [0.15, 0.2) is 48.5 Å². The van der Waals surface area contributed by atoms with Crippen molar-refractivity contribution in [1.82, 2.24) is 24.9 Å². The van der Waals surface area contributed by atoms with Crippen molar-refractivity contribution >= 4 is 6.03 Å². The summed E-state index contributed by atoms with van der Waals surface area (Å²) in [4.78, 5) is 17.1. The Labute approximate surface area is 217 Å². The average molecular weight is 508 g/mol. The molecule has 8 heteroatoms. The maximum absolute atomic E-state index is 14.4. The Bertz CT molecular complexity index is 1220. The first-order valence-electron chi connectivity index (χ1n) is 13.4. The van der Waals surface area contributed by atoms with Crippen LogP contribution in [0.4, 0.5) is 13.6 Å². The molecular formula is C29H35F2N5O. The molecule has 1 fully saturated rings. The van der Waals surface area contributed by atoms with E-state index in [-0.39, 0.29) is 12.1 Å². The summed E-state index contributed by atoms with van der Waals surface area (Å²) < 4.78 is 30.1. The van der Waals surface area contributed by atoms with Gasteiger partial charge in [0.2, 0.25) is 0 Å². The van der Waals surface area contributed by atoms with E-state index in [9.17, 15) is 13.6 Å². The number of hydrogen-bond acceptors (Lipinski definition) is 3. The number of urea groups is 1. The van der Waals surface area contributed by atoms with E-state index in [2.05, 4.69) is 10.2 Å². The monoisotopic (exact) mass is 507 g/mol. The van der Waals surface area contributed by atoms with E-state index in [1.165, 1.54) is 18.6 Å². The van der Waals surface area contributed by atoms with Gasteiger partial charge >= 0.3 is 6.03 Å². The van der Waals surface area contributed by atoms with E-state index >= 15 is 0 Å². The fourth-order valence-electron chi connectivity index (χ4n) is 5.51. The van der Waals surface area contributed by atoms with Gasteiger partial charge in [0.1, 0.15) is 11.6 Å². The van der Waals surface area contributed by atoms with Crippen LogP contribution in [0.1, 0.15) is 61.5 Å². The van der Waals surface area contributed by atoms with Gasteiger partial charge in [-0.05, 0) is 50.1 Å². The highest BCUT2D eigenvalue weighted by Crippen LogP contribution is 2.28. The molecule has 2 amide bonds. The van der Waals surface area contributed by atoms with Gasteiger partial charge in [-0.1, -0.05) is 37.5 Å². The van der Waals surface area contributed by atoms with Gasteiger partial charge in [-0.15, -0.1) is 0 Å². The van der Waals surface area contributed by atoms with Crippen LogP contribution in [0.5, 0.6) is 0 Å². The van der Waals surface area contributed by atoms with Gasteiger partial charge in [0.25, 0.3) is 0 Å². The molecule has 2 heterocycles. The number of nitrogens with zero attached hydrogens (tertiary/aromatic N) is 4. The normalized spacial score (nSPS) is 16.4. The van der Waals surface area contributed by atoms with Crippen molar-refractivity contribution in [3.63, 3.8) is 0 Å². The number of nitrogens with one attached hydrogen (secondary N) is 1. The van der Waals surface area contributed by atoms with Gasteiger partial charge in [-0.25, -0.2) is 18.3 Å². The number of fused-ring (bicyclic) bond motifs is 1. The molecule has 6 nitrogen and oxygen atoms in total. The minimum atomic E-state index is -0.436. The lowest BCUT2D eigenvalue weighted by molar-refractivity contribution is 0.188. The molecule has 1 saturated carbocycles. The molecule has 0 saturated heterocycles. The molecule has 2 aliphatic rings. The molecule has 0 radical (unpaired) electrons. The molecule has 0 atom stereocenters. The lowest BCUT2D eigenvalue weighted by Gasteiger charge is -2.29. The van der Waals surface area contributed by atoms with Crippen molar-refractivity contribution in [2.75, 3.05) is 13.1 Å². The Kier molecular flexibility index (Phi) is 7.84. The van der Waals surface area contributed by atoms with Crippen LogP contribution in [0.3, 0.4) is 0 Å². The molecule has 0 spiro atoms. The number of rotatable bonds is 7. The van der Waals surface area contributed by atoms with Gasteiger partial charge in [0.15, 0.2) is 0 Å². The van der Waals surface area contributed by atoms with Crippen molar-refractivity contribution in [3.05, 3.63) is 82.7 Å². The van der Waals surface area contributed by atoms with Crippen molar-refractivity contribution in [1.29, 1.82) is 0 Å². The summed E-state index contributed by atoms with van der Waals surface area (Å²) in [5.41, 5.74) is 4.35. The van der Waals surface area contributed by atoms with Gasteiger partial charge in [0.05, 0.1) is 23.6 Å². The zero-order valence-corrected chi connectivity index (χ0v) is 21.4. The molecule has 5 rings (SSSR count). The molecule has 0 bridgehead atoms. The van der Waals surface area contributed by atoms with Crippen LogP contribution in [0, 0.1) is 11.6 Å². The maximum atomic E-state index is 14.4. The van der Waals surface area contributed by atoms with E-state index < -0.39 is 11.6 Å². The fraction of sp³-hybridized carbons (Fsp3) is 0.448. The zero-order chi connectivity index (χ0) is 25.8. The van der Waals surface area contributed by atoms with Gasteiger partial charge in [0, 0.05) is 49.8 Å². The first kappa shape index (κ1) is 25.4. The molecule has 0 unspecified atom stereocenters. The molecule has 2 aromatic carbocycles. The summed E-state index contributed by atoms with van der Waals surface area (Å²) in [6.45, 7) is 4.55. The summed E-state index contributed by atoms with van der Waals surface area (Å²) >= 11 is 0. The molecule has 1 aliphatic carbocycles. The van der Waals surface area contributed by atoms with Crippen molar-refractivity contribution in [3.8, 4) is 5.69 Å². The third-order valence-corrected chi connectivity index (χ3v) is 7.56. The summed E-state index contributed by atoms with van der Waals surface area (Å²) in [6, 6.07) is 13.8. The third-order valence-electron chi connectivity index (χ3n) is 7.56. The summed E-state index contributed by atoms with van der Waals surface area (Å²) in [7, 11) is 0. The third kappa shape index (κ3) is 5.85. The second kappa shape index (κ2) is 11.4. The zero-order valence-electron chi connectivity index (χ0n) is 21.4. The predicted molar refractivity (Wildman–Crippen MR) is 139 cm³/mol. The summed E-state index contributed by atoms with van der Waals surface area (Å²) in [5, 5.41) is 8.21. The molecular weight excluding hydrogens is 472 g/mol. The standard InChI is InChI=1S/C29H35F2N5O/c1-2-35(29(37)32-23-9-5-3-6-10-23)20-27-25-19-34(18-21-17-22(30)13-14-26(21)31)16-15-28(25)36(33-27)24-11-7-4-8-12-24/h4,7-8,11-14,17,23H,2-3,5-6,9-10,15-16,18-20H2,1H3,(H,32,37). The number of para-hydroxylation sites is 1. The maximum Gasteiger partial charge on any atom is 0.317 e. The number of benzene rings is 2. The van der Waals surface area contributed by atoms with E-state index in [1.54, 1.807) is 0 Å². The number of hydrogen-bond donors (Lipinski definition) is 1. The number of aromatic nitrogens is 2. The largest absolute Gasteiger partial charge is 0.335 e. The van der Waals surface area contributed by atoms with Gasteiger partial charge in [-0.2, -0.15) is 5.10 Å². The Morgan fingerprint density at radius 3 is 2.65 bits per heavy atom. The quantitative estimate of drug-likeness (QED) is 0.455. The summed E-state index contributed by atoms with van der Waals surface area (Å²) in [5.74, 6) is -0.835. The molecule has 196 valence electrons. The lowest BCUT2D eigenvalue weighted by atomic mass is 9.96. The van der Waals surface area contributed by atoms with Crippen molar-refractivity contribution in [2.45, 2.75) is 71.1 Å². The van der Waals surface area contributed by atoms with Gasteiger partial charge < -0.3 is 10.2 Å². The first-order chi connectivity index (χ1) is 18.0. The fourth-order valence-corrected chi connectivity index (χ4v) is 5.51. The molecule has 3 aromatic rings. The molecule has 37 heavy (non-hydrogen) atoms. The predicted octanol–water partition coefficient (Wildman–Crippen LogP) is 5.57. The van der Waals surface area contributed by atoms with Crippen LogP contribution < -0.4 is 5.32 Å². The summed E-state index contributed by atoms with van der Waals surface area (Å²) in [6.07, 6.45) is 6.36. The van der Waals surface area contributed by atoms with Crippen LogP contribution in [0.2, 0.25) is 0 Å². The van der Waals surface area contributed by atoms with Crippen LogP contribution in [-0.2, 0) is 26.1 Å². The highest BCUT2D eigenvalue weighted by Gasteiger charge is 2.28. The number of amides is 2. The van der Waals surface area contributed by atoms with E-state index in [1.807, 2.05) is 46.8 Å².